The molecule has 2 atom stereocenters. The van der Waals surface area contributed by atoms with Gasteiger partial charge < -0.3 is 9.47 Å². The summed E-state index contributed by atoms with van der Waals surface area (Å²) in [6.07, 6.45) is 1.15. The van der Waals surface area contributed by atoms with Gasteiger partial charge in [0.2, 0.25) is 0 Å². The molecule has 1 aromatic carbocycles. The van der Waals surface area contributed by atoms with Gasteiger partial charge in [-0.1, -0.05) is 44.2 Å². The maximum Gasteiger partial charge on any atom is 0.184 e. The van der Waals surface area contributed by atoms with E-state index in [-0.39, 0.29) is 6.29 Å². The molecule has 82 valence electrons. The van der Waals surface area contributed by atoms with Crippen molar-refractivity contribution in [2.24, 2.45) is 5.92 Å². The number of benzene rings is 1. The molecule has 0 aliphatic carbocycles. The quantitative estimate of drug-likeness (QED) is 0.740. The molecule has 0 spiro atoms. The summed E-state index contributed by atoms with van der Waals surface area (Å²) in [4.78, 5) is 0. The van der Waals surface area contributed by atoms with Crippen LogP contribution < -0.4 is 0 Å². The lowest BCUT2D eigenvalue weighted by Crippen LogP contribution is -2.30. The summed E-state index contributed by atoms with van der Waals surface area (Å²) in [6, 6.07) is 10.1. The molecule has 1 aromatic rings. The van der Waals surface area contributed by atoms with Crippen molar-refractivity contribution < 1.29 is 9.47 Å². The maximum absolute atomic E-state index is 5.91. The Labute approximate surface area is 91.2 Å². The molecule has 0 unspecified atom stereocenters. The average molecular weight is 206 g/mol. The first-order valence-corrected chi connectivity index (χ1v) is 5.59. The molecule has 0 aromatic heterocycles. The first kappa shape index (κ1) is 10.7. The highest BCUT2D eigenvalue weighted by Crippen LogP contribution is 2.28. The van der Waals surface area contributed by atoms with E-state index in [1.165, 1.54) is 0 Å². The third-order valence-electron chi connectivity index (χ3n) is 2.79. The van der Waals surface area contributed by atoms with E-state index in [1.54, 1.807) is 0 Å². The van der Waals surface area contributed by atoms with E-state index in [4.69, 9.17) is 9.47 Å². The van der Waals surface area contributed by atoms with Crippen LogP contribution in [0.4, 0.5) is 0 Å². The zero-order valence-electron chi connectivity index (χ0n) is 9.35. The molecule has 1 saturated heterocycles. The van der Waals surface area contributed by atoms with Crippen LogP contribution in [-0.2, 0) is 9.47 Å². The summed E-state index contributed by atoms with van der Waals surface area (Å²) in [7, 11) is 0. The van der Waals surface area contributed by atoms with Crippen molar-refractivity contribution in [1.29, 1.82) is 0 Å². The van der Waals surface area contributed by atoms with Gasteiger partial charge in [0.25, 0.3) is 0 Å². The van der Waals surface area contributed by atoms with E-state index in [0.717, 1.165) is 18.6 Å². The standard InChI is InChI=1S/C13H18O2/c1-10(2)12-8-9-14-13(15-12)11-6-4-3-5-7-11/h3-7,10,12-13H,8-9H2,1-2H3/t12-,13-/m0/s1. The lowest BCUT2D eigenvalue weighted by atomic mass is 10.0. The molecule has 0 bridgehead atoms. The lowest BCUT2D eigenvalue weighted by Gasteiger charge is -2.32. The Morgan fingerprint density at radius 2 is 1.93 bits per heavy atom. The smallest absolute Gasteiger partial charge is 0.184 e. The van der Waals surface area contributed by atoms with Gasteiger partial charge in [0.05, 0.1) is 12.7 Å². The van der Waals surface area contributed by atoms with Crippen LogP contribution in [0.2, 0.25) is 0 Å². The highest BCUT2D eigenvalue weighted by Gasteiger charge is 2.25. The largest absolute Gasteiger partial charge is 0.348 e. The van der Waals surface area contributed by atoms with Crippen LogP contribution >= 0.6 is 0 Å². The minimum atomic E-state index is -0.174. The van der Waals surface area contributed by atoms with Crippen molar-refractivity contribution in [2.75, 3.05) is 6.61 Å². The third kappa shape index (κ3) is 2.58. The topological polar surface area (TPSA) is 18.5 Å². The Balaban J connectivity index is 2.05. The molecule has 0 amide bonds. The molecule has 2 rings (SSSR count). The third-order valence-corrected chi connectivity index (χ3v) is 2.79. The van der Waals surface area contributed by atoms with Crippen LogP contribution in [0.1, 0.15) is 32.1 Å². The van der Waals surface area contributed by atoms with Crippen molar-refractivity contribution in [3.8, 4) is 0 Å². The highest BCUT2D eigenvalue weighted by atomic mass is 16.7. The molecule has 2 nitrogen and oxygen atoms in total. The van der Waals surface area contributed by atoms with Crippen molar-refractivity contribution in [3.05, 3.63) is 35.9 Å². The lowest BCUT2D eigenvalue weighted by molar-refractivity contribution is -0.226. The molecule has 2 heteroatoms. The highest BCUT2D eigenvalue weighted by molar-refractivity contribution is 5.16. The van der Waals surface area contributed by atoms with Gasteiger partial charge in [0, 0.05) is 5.56 Å². The van der Waals surface area contributed by atoms with E-state index in [1.807, 2.05) is 30.3 Å². The molecular weight excluding hydrogens is 188 g/mol. The number of rotatable bonds is 2. The maximum atomic E-state index is 5.91. The molecule has 15 heavy (non-hydrogen) atoms. The number of hydrogen-bond donors (Lipinski definition) is 0. The average Bonchev–Trinajstić information content (AvgIpc) is 2.30. The van der Waals surface area contributed by atoms with Crippen molar-refractivity contribution in [2.45, 2.75) is 32.7 Å². The fourth-order valence-corrected chi connectivity index (χ4v) is 1.83. The molecule has 1 aliphatic heterocycles. The predicted octanol–water partition coefficient (Wildman–Crippen LogP) is 3.15. The minimum Gasteiger partial charge on any atom is -0.348 e. The fourth-order valence-electron chi connectivity index (χ4n) is 1.83. The zero-order valence-corrected chi connectivity index (χ0v) is 9.35. The van der Waals surface area contributed by atoms with Gasteiger partial charge in [-0.25, -0.2) is 0 Å². The number of ether oxygens (including phenoxy) is 2. The molecule has 0 N–H and O–H groups in total. The van der Waals surface area contributed by atoms with Gasteiger partial charge in [-0.2, -0.15) is 0 Å². The minimum absolute atomic E-state index is 0.174. The fraction of sp³-hybridized carbons (Fsp3) is 0.538. The Morgan fingerprint density at radius 3 is 2.60 bits per heavy atom. The van der Waals surface area contributed by atoms with Crippen molar-refractivity contribution >= 4 is 0 Å². The molecule has 0 saturated carbocycles. The van der Waals surface area contributed by atoms with Crippen molar-refractivity contribution in [3.63, 3.8) is 0 Å². The summed E-state index contributed by atoms with van der Waals surface area (Å²) in [5, 5.41) is 0. The van der Waals surface area contributed by atoms with Gasteiger partial charge in [0.15, 0.2) is 6.29 Å². The van der Waals surface area contributed by atoms with E-state index >= 15 is 0 Å². The van der Waals surface area contributed by atoms with Crippen LogP contribution in [0.25, 0.3) is 0 Å². The monoisotopic (exact) mass is 206 g/mol. The van der Waals surface area contributed by atoms with Gasteiger partial charge in [-0.3, -0.25) is 0 Å². The second-order valence-corrected chi connectivity index (χ2v) is 4.32. The molecular formula is C13H18O2. The summed E-state index contributed by atoms with van der Waals surface area (Å²) in [5.41, 5.74) is 1.11. The van der Waals surface area contributed by atoms with Crippen molar-refractivity contribution in [1.82, 2.24) is 0 Å². The van der Waals surface area contributed by atoms with E-state index in [0.29, 0.717) is 12.0 Å². The Morgan fingerprint density at radius 1 is 1.20 bits per heavy atom. The van der Waals surface area contributed by atoms with Crippen LogP contribution in [-0.4, -0.2) is 12.7 Å². The second-order valence-electron chi connectivity index (χ2n) is 4.32. The zero-order chi connectivity index (χ0) is 10.7. The van der Waals surface area contributed by atoms with Gasteiger partial charge >= 0.3 is 0 Å². The first-order chi connectivity index (χ1) is 7.27. The molecule has 1 fully saturated rings. The van der Waals surface area contributed by atoms with E-state index < -0.39 is 0 Å². The predicted molar refractivity (Wildman–Crippen MR) is 59.5 cm³/mol. The van der Waals surface area contributed by atoms with E-state index in [2.05, 4.69) is 13.8 Å². The second kappa shape index (κ2) is 4.77. The van der Waals surface area contributed by atoms with Crippen LogP contribution in [0.3, 0.4) is 0 Å². The van der Waals surface area contributed by atoms with Gasteiger partial charge in [0.1, 0.15) is 0 Å². The van der Waals surface area contributed by atoms with E-state index in [9.17, 15) is 0 Å². The SMILES string of the molecule is CC(C)[C@@H]1CCO[C@H](c2ccccc2)O1. The summed E-state index contributed by atoms with van der Waals surface area (Å²) < 4.78 is 11.5. The Kier molecular flexibility index (Phi) is 3.39. The Bertz CT molecular complexity index is 295. The number of hydrogen-bond acceptors (Lipinski definition) is 2. The van der Waals surface area contributed by atoms with Crippen LogP contribution in [0.15, 0.2) is 30.3 Å². The van der Waals surface area contributed by atoms with Crippen LogP contribution in [0.5, 0.6) is 0 Å². The first-order valence-electron chi connectivity index (χ1n) is 5.59. The van der Waals surface area contributed by atoms with Crippen LogP contribution in [0, 0.1) is 5.92 Å². The normalized spacial score (nSPS) is 26.9. The van der Waals surface area contributed by atoms with Gasteiger partial charge in [-0.05, 0) is 12.3 Å². The summed E-state index contributed by atoms with van der Waals surface area (Å²) >= 11 is 0. The molecule has 1 aliphatic rings. The summed E-state index contributed by atoms with van der Waals surface area (Å²) in [6.45, 7) is 5.18. The molecule has 0 radical (unpaired) electrons. The molecule has 1 heterocycles. The Hall–Kier alpha value is -0.860. The van der Waals surface area contributed by atoms with Gasteiger partial charge in [-0.15, -0.1) is 0 Å². The summed E-state index contributed by atoms with van der Waals surface area (Å²) in [5.74, 6) is 0.556.